The van der Waals surface area contributed by atoms with Crippen LogP contribution in [0.5, 0.6) is 0 Å². The Bertz CT molecular complexity index is 406. The van der Waals surface area contributed by atoms with Gasteiger partial charge < -0.3 is 4.74 Å². The highest BCUT2D eigenvalue weighted by molar-refractivity contribution is 5.67. The van der Waals surface area contributed by atoms with Crippen molar-refractivity contribution in [3.8, 4) is 0 Å². The van der Waals surface area contributed by atoms with Gasteiger partial charge in [0.2, 0.25) is 0 Å². The number of rotatable bonds is 2. The molecule has 0 heterocycles. The molecule has 0 radical (unpaired) electrons. The average Bonchev–Trinajstić information content (AvgIpc) is 2.26. The monoisotopic (exact) mass is 267 g/mol. The number of hydroxylamine groups is 2. The predicted molar refractivity (Wildman–Crippen MR) is 72.8 cm³/mol. The first kappa shape index (κ1) is 14.4. The van der Waals surface area contributed by atoms with Gasteiger partial charge >= 0.3 is 6.09 Å². The van der Waals surface area contributed by atoms with E-state index in [9.17, 15) is 10.0 Å². The Balaban J connectivity index is 1.91. The molecule has 3 aliphatic rings. The molecule has 0 aliphatic heterocycles. The number of carbonyl (C=O) groups is 1. The van der Waals surface area contributed by atoms with E-state index in [0.717, 1.165) is 12.0 Å². The zero-order valence-electron chi connectivity index (χ0n) is 12.6. The molecule has 2 bridgehead atoms. The fourth-order valence-electron chi connectivity index (χ4n) is 3.04. The Morgan fingerprint density at radius 1 is 1.53 bits per heavy atom. The first-order chi connectivity index (χ1) is 8.59. The highest BCUT2D eigenvalue weighted by Crippen LogP contribution is 2.57. The summed E-state index contributed by atoms with van der Waals surface area (Å²) in [7, 11) is 0. The first-order valence-electron chi connectivity index (χ1n) is 6.98. The molecular weight excluding hydrogens is 242 g/mol. The number of ether oxygens (including phenoxy) is 1. The van der Waals surface area contributed by atoms with Crippen molar-refractivity contribution in [1.29, 1.82) is 0 Å². The molecule has 0 aromatic rings. The number of hydrogen-bond acceptors (Lipinski definition) is 3. The number of carbonyl (C=O) groups excluding carboxylic acids is 1. The molecule has 1 saturated carbocycles. The van der Waals surface area contributed by atoms with Gasteiger partial charge in [0.15, 0.2) is 0 Å². The van der Waals surface area contributed by atoms with E-state index in [1.54, 1.807) is 20.8 Å². The van der Waals surface area contributed by atoms with E-state index >= 15 is 0 Å². The average molecular weight is 267 g/mol. The summed E-state index contributed by atoms with van der Waals surface area (Å²) >= 11 is 0. The lowest BCUT2D eigenvalue weighted by Crippen LogP contribution is -2.48. The topological polar surface area (TPSA) is 49.8 Å². The number of amides is 1. The Kier molecular flexibility index (Phi) is 3.42. The van der Waals surface area contributed by atoms with Crippen molar-refractivity contribution in [3.63, 3.8) is 0 Å². The van der Waals surface area contributed by atoms with Crippen molar-refractivity contribution < 1.29 is 14.7 Å². The minimum absolute atomic E-state index is 0.262. The Morgan fingerprint density at radius 3 is 2.58 bits per heavy atom. The number of nitrogens with zero attached hydrogens (tertiary/aromatic N) is 1. The van der Waals surface area contributed by atoms with Crippen molar-refractivity contribution in [2.24, 2.45) is 17.3 Å². The minimum atomic E-state index is -0.674. The van der Waals surface area contributed by atoms with Crippen molar-refractivity contribution >= 4 is 6.09 Å². The number of fused-ring (bicyclic) bond motifs is 1. The van der Waals surface area contributed by atoms with E-state index in [4.69, 9.17) is 4.74 Å². The van der Waals surface area contributed by atoms with Gasteiger partial charge in [-0.25, -0.2) is 4.79 Å². The maximum Gasteiger partial charge on any atom is 0.434 e. The maximum absolute atomic E-state index is 11.7. The SMILES string of the molecule is CC(C)(C)OC(=O)N(O)CC1=C[C@@H]2C[C@H](C1)C2(C)C. The summed E-state index contributed by atoms with van der Waals surface area (Å²) in [6, 6.07) is 0. The summed E-state index contributed by atoms with van der Waals surface area (Å²) in [5.74, 6) is 1.28. The predicted octanol–water partition coefficient (Wildman–Crippen LogP) is 3.61. The fraction of sp³-hybridized carbons (Fsp3) is 0.800. The van der Waals surface area contributed by atoms with Gasteiger partial charge in [0.1, 0.15) is 5.60 Å². The van der Waals surface area contributed by atoms with Crippen molar-refractivity contribution in [2.45, 2.75) is 53.1 Å². The summed E-state index contributed by atoms with van der Waals surface area (Å²) in [5, 5.41) is 10.5. The lowest BCUT2D eigenvalue weighted by atomic mass is 9.50. The number of allylic oxidation sites excluding steroid dienone is 1. The van der Waals surface area contributed by atoms with E-state index in [2.05, 4.69) is 19.9 Å². The molecule has 0 unspecified atom stereocenters. The van der Waals surface area contributed by atoms with Crippen LogP contribution < -0.4 is 0 Å². The van der Waals surface area contributed by atoms with Crippen molar-refractivity contribution in [1.82, 2.24) is 5.06 Å². The molecule has 0 saturated heterocycles. The summed E-state index contributed by atoms with van der Waals surface area (Å²) in [6.45, 7) is 10.2. The standard InChI is InChI=1S/C15H25NO3/c1-14(2,3)19-13(17)16(18)9-10-6-11-8-12(7-10)15(11,4)5/h6,11-12,18H,7-9H2,1-5H3/t11-,12+/m1/s1. The Morgan fingerprint density at radius 2 is 2.16 bits per heavy atom. The third-order valence-electron chi connectivity index (χ3n) is 4.45. The lowest BCUT2D eigenvalue weighted by Gasteiger charge is -2.55. The normalized spacial score (nSPS) is 28.2. The van der Waals surface area contributed by atoms with Crippen LogP contribution in [0.2, 0.25) is 0 Å². The van der Waals surface area contributed by atoms with Crippen LogP contribution in [0.3, 0.4) is 0 Å². The third-order valence-corrected chi connectivity index (χ3v) is 4.45. The highest BCUT2D eigenvalue weighted by atomic mass is 16.6. The second kappa shape index (κ2) is 4.51. The quantitative estimate of drug-likeness (QED) is 0.472. The van der Waals surface area contributed by atoms with Gasteiger partial charge in [-0.2, -0.15) is 5.06 Å². The summed E-state index contributed by atoms with van der Waals surface area (Å²) < 4.78 is 5.13. The molecule has 1 amide bonds. The molecule has 0 aromatic carbocycles. The summed E-state index contributed by atoms with van der Waals surface area (Å²) in [4.78, 5) is 11.7. The van der Waals surface area contributed by atoms with Gasteiger partial charge in [0.05, 0.1) is 6.54 Å². The van der Waals surface area contributed by atoms with Crippen LogP contribution in [0, 0.1) is 17.3 Å². The molecule has 4 nitrogen and oxygen atoms in total. The Hall–Kier alpha value is -1.03. The van der Waals surface area contributed by atoms with Gasteiger partial charge in [-0.1, -0.05) is 25.5 Å². The van der Waals surface area contributed by atoms with Gasteiger partial charge in [-0.15, -0.1) is 0 Å². The van der Waals surface area contributed by atoms with E-state index in [0.29, 0.717) is 22.3 Å². The van der Waals surface area contributed by atoms with Crippen LogP contribution in [-0.4, -0.2) is 28.5 Å². The van der Waals surface area contributed by atoms with Gasteiger partial charge in [-0.3, -0.25) is 5.21 Å². The highest BCUT2D eigenvalue weighted by Gasteiger charge is 2.49. The second-order valence-electron chi connectivity index (χ2n) is 7.43. The van der Waals surface area contributed by atoms with Crippen LogP contribution in [0.4, 0.5) is 4.79 Å². The summed E-state index contributed by atoms with van der Waals surface area (Å²) in [6.07, 6.45) is 3.78. The molecule has 1 N–H and O–H groups in total. The van der Waals surface area contributed by atoms with Gasteiger partial charge in [0, 0.05) is 0 Å². The molecule has 3 aliphatic carbocycles. The van der Waals surface area contributed by atoms with Gasteiger partial charge in [0.25, 0.3) is 0 Å². The molecular formula is C15H25NO3. The van der Waals surface area contributed by atoms with Crippen molar-refractivity contribution in [3.05, 3.63) is 11.6 Å². The zero-order chi connectivity index (χ0) is 14.4. The molecule has 4 heteroatoms. The molecule has 3 rings (SSSR count). The molecule has 108 valence electrons. The fourth-order valence-corrected chi connectivity index (χ4v) is 3.04. The smallest absolute Gasteiger partial charge is 0.434 e. The zero-order valence-corrected chi connectivity index (χ0v) is 12.6. The van der Waals surface area contributed by atoms with Crippen LogP contribution in [0.1, 0.15) is 47.5 Å². The summed E-state index contributed by atoms with van der Waals surface area (Å²) in [5.41, 5.74) is 0.952. The van der Waals surface area contributed by atoms with E-state index in [1.807, 2.05) is 0 Å². The van der Waals surface area contributed by atoms with E-state index in [1.165, 1.54) is 6.42 Å². The van der Waals surface area contributed by atoms with E-state index in [-0.39, 0.29) is 6.54 Å². The number of hydrogen-bond donors (Lipinski definition) is 1. The van der Waals surface area contributed by atoms with Crippen LogP contribution >= 0.6 is 0 Å². The third kappa shape index (κ3) is 2.94. The molecule has 0 aromatic heterocycles. The molecule has 19 heavy (non-hydrogen) atoms. The van der Waals surface area contributed by atoms with Crippen LogP contribution in [0.25, 0.3) is 0 Å². The van der Waals surface area contributed by atoms with Gasteiger partial charge in [-0.05, 0) is 50.9 Å². The first-order valence-corrected chi connectivity index (χ1v) is 6.98. The van der Waals surface area contributed by atoms with E-state index < -0.39 is 11.7 Å². The maximum atomic E-state index is 11.7. The molecule has 1 fully saturated rings. The van der Waals surface area contributed by atoms with Crippen LogP contribution in [0.15, 0.2) is 11.6 Å². The lowest BCUT2D eigenvalue weighted by molar-refractivity contribution is -0.0914. The molecule has 0 spiro atoms. The largest absolute Gasteiger partial charge is 0.442 e. The second-order valence-corrected chi connectivity index (χ2v) is 7.43. The van der Waals surface area contributed by atoms with Crippen molar-refractivity contribution in [2.75, 3.05) is 6.54 Å². The van der Waals surface area contributed by atoms with Crippen LogP contribution in [-0.2, 0) is 4.74 Å². The Labute approximate surface area is 115 Å². The molecule has 2 atom stereocenters. The minimum Gasteiger partial charge on any atom is -0.442 e.